The summed E-state index contributed by atoms with van der Waals surface area (Å²) in [5, 5.41) is 20.7. The molecule has 6 heterocycles. The third-order valence-corrected chi connectivity index (χ3v) is 20.9. The molecule has 6 aromatic heterocycles. The minimum atomic E-state index is -4.60. The maximum absolute atomic E-state index is 14.2. The van der Waals surface area contributed by atoms with Crippen LogP contribution in [0.5, 0.6) is 5.75 Å². The first-order valence-corrected chi connectivity index (χ1v) is 42.0. The van der Waals surface area contributed by atoms with E-state index >= 15 is 0 Å². The van der Waals surface area contributed by atoms with Gasteiger partial charge in [0.1, 0.15) is 69.7 Å². The van der Waals surface area contributed by atoms with Crippen molar-refractivity contribution >= 4 is 65.4 Å². The maximum Gasteiger partial charge on any atom is 0.417 e. The standard InChI is InChI=1S/C19H26N2O.C18H26N2O.C17H21F3N2O.C17H20FN3O.C17H21N3O.C11H12N2O2/c1-18(2,3)17-20-15-13(12-10-11-12)8-7-9-14(15)16(22)21(17)19(4,5)6;1-8-12-10-9-11-13-14(12)19-16(17(2,3)4)20(15(13)21)18(5,6)7;1-15(2,3)14-21-11-9-7-8-10(17(18,19)20)12(11)13(23)22(14)16(4,5)6;1-16(2,3)15-20-13-11(18)8-7-10(9-19)12(13)14(22)21(15)17(4,5)6;1-16(2,3)15-19-13-11(10-18)8-7-9-12(13)14(21)20(15)17(4,5)6;1-7-12-10-8(11(14)13(7)2)5-4-6-9(10)15-3/h7-9,12H,10-11H2,1-6H3;9-11H,8H2,1-7H3;7-9H,1-6H3;7-8H,1-6H3;7-9H,1-6H3;4-6H,1-3H3. The summed E-state index contributed by atoms with van der Waals surface area (Å²) in [7, 11) is 3.28. The Labute approximate surface area is 725 Å². The molecular formula is C99H126F4N14O7. The lowest BCUT2D eigenvalue weighted by molar-refractivity contribution is -0.136. The molecule has 0 radical (unpaired) electrons. The number of aryl methyl sites for hydroxylation is 2. The fraction of sp³-hybridized carbons (Fsp3) is 0.495. The third kappa shape index (κ3) is 20.8. The average Bonchev–Trinajstić information content (AvgIpc) is 1.08. The Morgan fingerprint density at radius 2 is 0.750 bits per heavy atom. The van der Waals surface area contributed by atoms with E-state index in [0.29, 0.717) is 62.3 Å². The maximum atomic E-state index is 14.2. The van der Waals surface area contributed by atoms with E-state index in [2.05, 4.69) is 128 Å². The number of nitrogens with zero attached hydrogens (tertiary/aromatic N) is 14. The Balaban J connectivity index is 0.000000185. The number of halogens is 4. The zero-order valence-electron chi connectivity index (χ0n) is 79.1. The smallest absolute Gasteiger partial charge is 0.417 e. The van der Waals surface area contributed by atoms with Crippen LogP contribution < -0.4 is 38.1 Å². The molecule has 6 aromatic carbocycles. The van der Waals surface area contributed by atoms with Gasteiger partial charge in [-0.2, -0.15) is 23.7 Å². The van der Waals surface area contributed by atoms with Gasteiger partial charge < -0.3 is 4.74 Å². The van der Waals surface area contributed by atoms with Crippen LogP contribution in [-0.2, 0) is 74.4 Å². The SMILES string of the molecule is CC(C)(C)c1nc2c(C#N)cccc2c(=O)n1C(C)(C)C.CC(C)(C)c1nc2c(C3CC3)cccc2c(=O)n1C(C)(C)C.CC(C)(C)c1nc2c(F)ccc(C#N)c2c(=O)n1C(C)(C)C.CC(C)(C)c1nc2cccc(C(F)(F)F)c2c(=O)n1C(C)(C)C.CCc1cccc2c(=O)n(C(C)(C)C)c(C(C)(C)C)nc12.COc1cccc2c(=O)n(C)c(C)nc12. The number of alkyl halides is 3. The van der Waals surface area contributed by atoms with E-state index in [1.54, 1.807) is 87.4 Å². The van der Waals surface area contributed by atoms with Crippen molar-refractivity contribution in [3.05, 3.63) is 234 Å². The highest BCUT2D eigenvalue weighted by Gasteiger charge is 2.39. The van der Waals surface area contributed by atoms with Crippen molar-refractivity contribution in [3.63, 3.8) is 0 Å². The lowest BCUT2D eigenvalue weighted by atomic mass is 9.92. The van der Waals surface area contributed by atoms with Gasteiger partial charge in [-0.3, -0.25) is 56.2 Å². The number of benzene rings is 6. The topological polar surface area (TPSA) is 266 Å². The summed E-state index contributed by atoms with van der Waals surface area (Å²) in [4.78, 5) is 105. The second-order valence-corrected chi connectivity index (χ2v) is 42.0. The Morgan fingerprint density at radius 3 is 1.15 bits per heavy atom. The molecule has 0 bridgehead atoms. The molecule has 21 nitrogen and oxygen atoms in total. The highest BCUT2D eigenvalue weighted by molar-refractivity contribution is 5.87. The van der Waals surface area contributed by atoms with Gasteiger partial charge in [-0.15, -0.1) is 0 Å². The summed E-state index contributed by atoms with van der Waals surface area (Å²) in [6.07, 6.45) is -1.28. The van der Waals surface area contributed by atoms with Crippen LogP contribution in [0.2, 0.25) is 0 Å². The van der Waals surface area contributed by atoms with Crippen molar-refractivity contribution in [3.8, 4) is 17.9 Å². The van der Waals surface area contributed by atoms with E-state index in [1.807, 2.05) is 143 Å². The van der Waals surface area contributed by atoms with Crippen molar-refractivity contribution < 1.29 is 22.3 Å². The van der Waals surface area contributed by atoms with Gasteiger partial charge >= 0.3 is 6.18 Å². The number of hydrogen-bond acceptors (Lipinski definition) is 15. The normalized spacial score (nSPS) is 13.2. The second kappa shape index (κ2) is 35.0. The zero-order chi connectivity index (χ0) is 93.9. The lowest BCUT2D eigenvalue weighted by Crippen LogP contribution is -2.41. The molecule has 0 aliphatic heterocycles. The van der Waals surface area contributed by atoms with Gasteiger partial charge in [0.2, 0.25) is 0 Å². The summed E-state index contributed by atoms with van der Waals surface area (Å²) in [6.45, 7) is 63.5. The third-order valence-electron chi connectivity index (χ3n) is 20.9. The minimum absolute atomic E-state index is 0.0329. The summed E-state index contributed by atoms with van der Waals surface area (Å²) in [6, 6.07) is 32.7. The second-order valence-electron chi connectivity index (χ2n) is 42.0. The Morgan fingerprint density at radius 1 is 0.395 bits per heavy atom. The van der Waals surface area contributed by atoms with Crippen LogP contribution in [0.15, 0.2) is 132 Å². The van der Waals surface area contributed by atoms with Gasteiger partial charge in [-0.05, 0) is 208 Å². The van der Waals surface area contributed by atoms with E-state index in [9.17, 15) is 56.9 Å². The van der Waals surface area contributed by atoms with Gasteiger partial charge in [0, 0.05) is 61.8 Å². The fourth-order valence-electron chi connectivity index (χ4n) is 14.8. The fourth-order valence-corrected chi connectivity index (χ4v) is 14.8. The Bertz CT molecular complexity index is 6590. The predicted molar refractivity (Wildman–Crippen MR) is 493 cm³/mol. The van der Waals surface area contributed by atoms with Crippen LogP contribution in [0.1, 0.15) is 296 Å². The first-order valence-electron chi connectivity index (χ1n) is 42.0. The number of nitriles is 2. The van der Waals surface area contributed by atoms with Gasteiger partial charge in [0.05, 0.1) is 78.2 Å². The molecule has 0 spiro atoms. The molecule has 25 heteroatoms. The number of para-hydroxylation sites is 4. The van der Waals surface area contributed by atoms with Crippen LogP contribution >= 0.6 is 0 Å². The predicted octanol–water partition coefficient (Wildman–Crippen LogP) is 20.8. The molecule has 13 rings (SSSR count). The molecule has 1 aliphatic rings. The van der Waals surface area contributed by atoms with E-state index in [1.165, 1.54) is 51.8 Å². The first-order chi connectivity index (χ1) is 56.6. The van der Waals surface area contributed by atoms with E-state index in [-0.39, 0.29) is 88.0 Å². The molecule has 0 saturated heterocycles. The zero-order valence-corrected chi connectivity index (χ0v) is 79.1. The molecule has 124 heavy (non-hydrogen) atoms. The number of ether oxygens (including phenoxy) is 1. The first kappa shape index (κ1) is 98.1. The summed E-state index contributed by atoms with van der Waals surface area (Å²) in [5.74, 6) is 4.74. The summed E-state index contributed by atoms with van der Waals surface area (Å²) < 4.78 is 69.1. The molecule has 1 aliphatic carbocycles. The molecule has 0 N–H and O–H groups in total. The number of hydrogen-bond donors (Lipinski definition) is 0. The van der Waals surface area contributed by atoms with Crippen LogP contribution in [0, 0.1) is 35.4 Å². The van der Waals surface area contributed by atoms with Crippen LogP contribution in [-0.4, -0.2) is 64.4 Å². The van der Waals surface area contributed by atoms with Gasteiger partial charge in [0.15, 0.2) is 0 Å². The highest BCUT2D eigenvalue weighted by atomic mass is 19.4. The number of fused-ring (bicyclic) bond motifs is 6. The lowest BCUT2D eigenvalue weighted by Gasteiger charge is -2.31. The van der Waals surface area contributed by atoms with Crippen LogP contribution in [0.25, 0.3) is 65.4 Å². The van der Waals surface area contributed by atoms with Gasteiger partial charge in [-0.25, -0.2) is 34.3 Å². The van der Waals surface area contributed by atoms with Gasteiger partial charge in [-0.1, -0.05) is 153 Å². The highest BCUT2D eigenvalue weighted by Crippen LogP contribution is 2.43. The van der Waals surface area contributed by atoms with Crippen molar-refractivity contribution in [1.82, 2.24) is 57.3 Å². The molecule has 662 valence electrons. The molecule has 1 saturated carbocycles. The van der Waals surface area contributed by atoms with E-state index in [0.717, 1.165) is 51.5 Å². The molecule has 12 aromatic rings. The summed E-state index contributed by atoms with van der Waals surface area (Å²) in [5.41, 5.74) is 0.264. The van der Waals surface area contributed by atoms with E-state index < -0.39 is 45.0 Å². The number of rotatable bonds is 3. The monoisotopic (exact) mass is 1700 g/mol. The number of methoxy groups -OCH3 is 1. The molecule has 0 unspecified atom stereocenters. The molecule has 1 fully saturated rings. The van der Waals surface area contributed by atoms with Crippen LogP contribution in [0.4, 0.5) is 17.6 Å². The Kier molecular flexibility index (Phi) is 27.7. The Hall–Kier alpha value is -11.3. The van der Waals surface area contributed by atoms with E-state index in [4.69, 9.17) is 14.7 Å². The minimum Gasteiger partial charge on any atom is -0.494 e. The quantitative estimate of drug-likeness (QED) is 0.149. The average molecular weight is 1700 g/mol. The van der Waals surface area contributed by atoms with Gasteiger partial charge in [0.25, 0.3) is 33.4 Å². The van der Waals surface area contributed by atoms with Crippen molar-refractivity contribution in [2.45, 2.75) is 308 Å². The summed E-state index contributed by atoms with van der Waals surface area (Å²) >= 11 is 0. The largest absolute Gasteiger partial charge is 0.494 e. The molecule has 0 atom stereocenters. The van der Waals surface area contributed by atoms with Crippen molar-refractivity contribution in [2.75, 3.05) is 7.11 Å². The molecule has 0 amide bonds. The van der Waals surface area contributed by atoms with Crippen molar-refractivity contribution in [2.24, 2.45) is 7.05 Å². The van der Waals surface area contributed by atoms with Crippen LogP contribution in [0.3, 0.4) is 0 Å². The number of aromatic nitrogens is 12. The van der Waals surface area contributed by atoms with Crippen molar-refractivity contribution in [1.29, 1.82) is 10.5 Å². The molecular weight excluding hydrogens is 1570 g/mol.